The van der Waals surface area contributed by atoms with Crippen molar-refractivity contribution in [2.24, 2.45) is 20.5 Å². The van der Waals surface area contributed by atoms with Gasteiger partial charge in [-0.3, -0.25) is 9.35 Å². The first kappa shape index (κ1) is 18.4. The van der Waals surface area contributed by atoms with E-state index in [0.29, 0.717) is 11.3 Å². The smallest absolute Gasteiger partial charge is 0.296 e. The lowest BCUT2D eigenvalue weighted by Crippen LogP contribution is -2.12. The minimum atomic E-state index is -4.53. The number of carbonyl (C=O) groups excluding carboxylic acids is 1. The number of benzene rings is 2. The molecule has 9 nitrogen and oxygen atoms in total. The van der Waals surface area contributed by atoms with E-state index in [-0.39, 0.29) is 11.4 Å². The van der Waals surface area contributed by atoms with Gasteiger partial charge < -0.3 is 5.32 Å². The van der Waals surface area contributed by atoms with Gasteiger partial charge in [0.25, 0.3) is 16.0 Å². The van der Waals surface area contributed by atoms with Crippen LogP contribution in [0.5, 0.6) is 0 Å². The van der Waals surface area contributed by atoms with E-state index in [9.17, 15) is 17.8 Å². The van der Waals surface area contributed by atoms with Gasteiger partial charge in [0.1, 0.15) is 10.6 Å². The normalized spacial score (nSPS) is 12.0. The summed E-state index contributed by atoms with van der Waals surface area (Å²) in [5, 5.41) is 17.2. The molecule has 2 aromatic rings. The lowest BCUT2D eigenvalue weighted by Gasteiger charge is -2.08. The summed E-state index contributed by atoms with van der Waals surface area (Å²) in [6.45, 7) is 0. The number of hydrogen-bond acceptors (Lipinski definition) is 7. The summed E-state index contributed by atoms with van der Waals surface area (Å²) in [6.07, 6.45) is 0. The number of nitrogens with one attached hydrogen (secondary N) is 1. The van der Waals surface area contributed by atoms with Crippen LogP contribution in [0.15, 0.2) is 67.8 Å². The van der Waals surface area contributed by atoms with Crippen LogP contribution in [0.25, 0.3) is 0 Å². The molecule has 25 heavy (non-hydrogen) atoms. The molecule has 1 amide bonds. The second kappa shape index (κ2) is 7.73. The molecule has 0 heterocycles. The number of azo groups is 2. The Labute approximate surface area is 144 Å². The number of amides is 1. The van der Waals surface area contributed by atoms with E-state index in [1.807, 2.05) is 0 Å². The highest BCUT2D eigenvalue weighted by atomic mass is 32.2. The molecular formula is C15H15N5O4S. The lowest BCUT2D eigenvalue weighted by atomic mass is 10.2. The Hall–Kier alpha value is -2.98. The Kier molecular flexibility index (Phi) is 5.67. The second-order valence-electron chi connectivity index (χ2n) is 4.76. The van der Waals surface area contributed by atoms with Gasteiger partial charge >= 0.3 is 0 Å². The summed E-state index contributed by atoms with van der Waals surface area (Å²) in [5.74, 6) is -0.473. The van der Waals surface area contributed by atoms with Gasteiger partial charge in [0.05, 0.1) is 5.69 Å². The standard InChI is InChI=1S/C15H15N5O4S/c1-16-19-12-5-3-4-10(8-12)15(21)18-11-6-7-13(20-17-2)14(9-11)25(22,23)24/h3-9H,1-2H3,(H,18,21)(H,22,23,24)/b19-16+,20-17+. The van der Waals surface area contributed by atoms with Crippen LogP contribution in [0.3, 0.4) is 0 Å². The second-order valence-corrected chi connectivity index (χ2v) is 6.15. The fourth-order valence-corrected chi connectivity index (χ4v) is 2.67. The number of hydrogen-bond donors (Lipinski definition) is 2. The molecule has 0 saturated heterocycles. The van der Waals surface area contributed by atoms with E-state index >= 15 is 0 Å². The fraction of sp³-hybridized carbons (Fsp3) is 0.133. The average Bonchev–Trinajstić information content (AvgIpc) is 2.56. The average molecular weight is 361 g/mol. The molecule has 2 N–H and O–H groups in total. The molecule has 0 atom stereocenters. The highest BCUT2D eigenvalue weighted by Crippen LogP contribution is 2.28. The number of carbonyl (C=O) groups is 1. The first-order valence-electron chi connectivity index (χ1n) is 6.98. The van der Waals surface area contributed by atoms with Gasteiger partial charge in [0.2, 0.25) is 0 Å². The van der Waals surface area contributed by atoms with Crippen molar-refractivity contribution >= 4 is 33.1 Å². The third-order valence-electron chi connectivity index (χ3n) is 3.03. The van der Waals surface area contributed by atoms with E-state index < -0.39 is 20.9 Å². The molecule has 0 aliphatic rings. The molecule has 0 saturated carbocycles. The molecule has 0 fully saturated rings. The quantitative estimate of drug-likeness (QED) is 0.621. The van der Waals surface area contributed by atoms with Gasteiger partial charge in [-0.1, -0.05) is 6.07 Å². The molecule has 2 rings (SSSR count). The number of anilines is 1. The van der Waals surface area contributed by atoms with E-state index in [1.165, 1.54) is 32.3 Å². The van der Waals surface area contributed by atoms with Gasteiger partial charge in [-0.05, 0) is 36.4 Å². The van der Waals surface area contributed by atoms with Crippen LogP contribution in [-0.2, 0) is 10.1 Å². The zero-order chi connectivity index (χ0) is 18.4. The molecule has 0 unspecified atom stereocenters. The predicted molar refractivity (Wildman–Crippen MR) is 91.5 cm³/mol. The molecular weight excluding hydrogens is 346 g/mol. The van der Waals surface area contributed by atoms with Crippen LogP contribution < -0.4 is 5.32 Å². The summed E-state index contributed by atoms with van der Waals surface area (Å²) in [5.41, 5.74) is 0.965. The Morgan fingerprint density at radius 3 is 2.40 bits per heavy atom. The third kappa shape index (κ3) is 4.75. The van der Waals surface area contributed by atoms with Crippen molar-refractivity contribution in [1.82, 2.24) is 0 Å². The summed E-state index contributed by atoms with van der Waals surface area (Å²) in [6, 6.07) is 10.3. The van der Waals surface area contributed by atoms with Crippen molar-refractivity contribution in [3.05, 3.63) is 48.0 Å². The van der Waals surface area contributed by atoms with Crippen LogP contribution >= 0.6 is 0 Å². The Morgan fingerprint density at radius 2 is 1.76 bits per heavy atom. The number of rotatable bonds is 5. The molecule has 130 valence electrons. The van der Waals surface area contributed by atoms with Crippen molar-refractivity contribution in [2.45, 2.75) is 4.90 Å². The zero-order valence-electron chi connectivity index (χ0n) is 13.4. The molecule has 0 aliphatic heterocycles. The van der Waals surface area contributed by atoms with Crippen molar-refractivity contribution in [2.75, 3.05) is 19.4 Å². The number of nitrogens with zero attached hydrogens (tertiary/aromatic N) is 4. The fourth-order valence-electron chi connectivity index (χ4n) is 2.02. The molecule has 2 aromatic carbocycles. The van der Waals surface area contributed by atoms with Crippen molar-refractivity contribution in [3.63, 3.8) is 0 Å². The first-order chi connectivity index (χ1) is 11.8. The monoisotopic (exact) mass is 361 g/mol. The summed E-state index contributed by atoms with van der Waals surface area (Å²) in [4.78, 5) is 11.9. The van der Waals surface area contributed by atoms with Crippen molar-refractivity contribution in [1.29, 1.82) is 0 Å². The third-order valence-corrected chi connectivity index (χ3v) is 3.91. The topological polar surface area (TPSA) is 133 Å². The van der Waals surface area contributed by atoms with Gasteiger partial charge in [-0.25, -0.2) is 0 Å². The molecule has 0 spiro atoms. The maximum absolute atomic E-state index is 12.3. The molecule has 0 aromatic heterocycles. The predicted octanol–water partition coefficient (Wildman–Crippen LogP) is 3.61. The van der Waals surface area contributed by atoms with Gasteiger partial charge in [-0.15, -0.1) is 0 Å². The first-order valence-corrected chi connectivity index (χ1v) is 8.42. The minimum absolute atomic E-state index is 0.0339. The Morgan fingerprint density at radius 1 is 1.04 bits per heavy atom. The van der Waals surface area contributed by atoms with Gasteiger partial charge in [-0.2, -0.15) is 28.9 Å². The SMILES string of the molecule is C/N=N/c1cccc(C(=O)Nc2ccc(/N=N/C)c(S(=O)(=O)O)c2)c1. The maximum Gasteiger partial charge on any atom is 0.296 e. The van der Waals surface area contributed by atoms with Crippen LogP contribution in [0, 0.1) is 0 Å². The molecule has 0 radical (unpaired) electrons. The van der Waals surface area contributed by atoms with Crippen molar-refractivity contribution < 1.29 is 17.8 Å². The lowest BCUT2D eigenvalue weighted by molar-refractivity contribution is 0.102. The largest absolute Gasteiger partial charge is 0.322 e. The highest BCUT2D eigenvalue weighted by molar-refractivity contribution is 7.86. The Bertz CT molecular complexity index is 954. The van der Waals surface area contributed by atoms with Gasteiger partial charge in [0.15, 0.2) is 0 Å². The van der Waals surface area contributed by atoms with E-state index in [2.05, 4.69) is 25.8 Å². The van der Waals surface area contributed by atoms with E-state index in [4.69, 9.17) is 0 Å². The van der Waals surface area contributed by atoms with Crippen LogP contribution in [0.4, 0.5) is 17.1 Å². The van der Waals surface area contributed by atoms with Gasteiger partial charge in [0, 0.05) is 25.3 Å². The van der Waals surface area contributed by atoms with Crippen LogP contribution in [-0.4, -0.2) is 33.0 Å². The highest BCUT2D eigenvalue weighted by Gasteiger charge is 2.17. The van der Waals surface area contributed by atoms with E-state index in [1.54, 1.807) is 18.2 Å². The molecule has 0 aliphatic carbocycles. The maximum atomic E-state index is 12.3. The summed E-state index contributed by atoms with van der Waals surface area (Å²) < 4.78 is 32.2. The zero-order valence-corrected chi connectivity index (χ0v) is 14.2. The summed E-state index contributed by atoms with van der Waals surface area (Å²) >= 11 is 0. The summed E-state index contributed by atoms with van der Waals surface area (Å²) in [7, 11) is -1.65. The molecule has 0 bridgehead atoms. The van der Waals surface area contributed by atoms with Crippen LogP contribution in [0.2, 0.25) is 0 Å². The Balaban J connectivity index is 2.34. The minimum Gasteiger partial charge on any atom is -0.322 e. The van der Waals surface area contributed by atoms with Crippen molar-refractivity contribution in [3.8, 4) is 0 Å². The van der Waals surface area contributed by atoms with E-state index in [0.717, 1.165) is 6.07 Å². The van der Waals surface area contributed by atoms with Crippen LogP contribution in [0.1, 0.15) is 10.4 Å². The molecule has 10 heteroatoms.